The lowest BCUT2D eigenvalue weighted by Crippen LogP contribution is -2.21. The van der Waals surface area contributed by atoms with E-state index in [2.05, 4.69) is 49.3 Å². The van der Waals surface area contributed by atoms with Gasteiger partial charge in [0.2, 0.25) is 11.8 Å². The van der Waals surface area contributed by atoms with Gasteiger partial charge in [0, 0.05) is 12.6 Å². The van der Waals surface area contributed by atoms with E-state index in [0.717, 1.165) is 22.4 Å². The highest BCUT2D eigenvalue weighted by Crippen LogP contribution is 2.46. The molecule has 0 saturated heterocycles. The molecule has 0 amide bonds. The molecule has 1 aliphatic heterocycles. The molecule has 1 aromatic heterocycles. The van der Waals surface area contributed by atoms with Gasteiger partial charge in [-0.2, -0.15) is 10.4 Å². The zero-order valence-corrected chi connectivity index (χ0v) is 16.2. The molecule has 2 aromatic carbocycles. The van der Waals surface area contributed by atoms with E-state index in [1.54, 1.807) is 4.68 Å². The van der Waals surface area contributed by atoms with Crippen LogP contribution in [0.15, 0.2) is 66.1 Å². The number of hydrogen-bond donors (Lipinski definition) is 1. The van der Waals surface area contributed by atoms with E-state index in [9.17, 15) is 5.26 Å². The van der Waals surface area contributed by atoms with E-state index in [0.29, 0.717) is 17.4 Å². The van der Waals surface area contributed by atoms with Gasteiger partial charge in [0.1, 0.15) is 17.3 Å². The summed E-state index contributed by atoms with van der Waals surface area (Å²) in [5.74, 6) is 0.830. The number of aryl methyl sites for hydroxylation is 1. The van der Waals surface area contributed by atoms with Crippen LogP contribution in [0.3, 0.4) is 0 Å². The lowest BCUT2D eigenvalue weighted by Gasteiger charge is -2.25. The minimum atomic E-state index is -0.320. The number of nitriles is 1. The minimum absolute atomic E-state index is 0.135. The fraction of sp³-hybridized carbons (Fsp3) is 0.217. The Morgan fingerprint density at radius 1 is 1.11 bits per heavy atom. The Hall–Kier alpha value is -3.52. The van der Waals surface area contributed by atoms with E-state index in [1.807, 2.05) is 37.4 Å². The molecule has 140 valence electrons. The van der Waals surface area contributed by atoms with Crippen molar-refractivity contribution in [3.63, 3.8) is 0 Å². The summed E-state index contributed by atoms with van der Waals surface area (Å²) >= 11 is 0. The third kappa shape index (κ3) is 2.84. The van der Waals surface area contributed by atoms with Gasteiger partial charge in [0.05, 0.1) is 11.5 Å². The number of nitrogens with two attached hydrogens (primary N) is 1. The van der Waals surface area contributed by atoms with Gasteiger partial charge in [0.25, 0.3) is 0 Å². The molecule has 0 spiro atoms. The predicted octanol–water partition coefficient (Wildman–Crippen LogP) is 4.43. The van der Waals surface area contributed by atoms with Gasteiger partial charge < -0.3 is 10.5 Å². The third-order valence-corrected chi connectivity index (χ3v) is 5.18. The monoisotopic (exact) mass is 370 g/mol. The van der Waals surface area contributed by atoms with Crippen LogP contribution in [0.1, 0.15) is 42.4 Å². The minimum Gasteiger partial charge on any atom is -0.422 e. The number of nitrogens with zero attached hydrogens (tertiary/aromatic N) is 3. The number of rotatable bonds is 3. The van der Waals surface area contributed by atoms with Crippen LogP contribution in [0.25, 0.3) is 11.3 Å². The molecule has 3 aromatic rings. The van der Waals surface area contributed by atoms with Gasteiger partial charge in [-0.15, -0.1) is 0 Å². The van der Waals surface area contributed by atoms with E-state index in [4.69, 9.17) is 10.5 Å². The summed E-state index contributed by atoms with van der Waals surface area (Å²) in [5, 5.41) is 14.5. The molecule has 5 heteroatoms. The maximum absolute atomic E-state index is 9.83. The fourth-order valence-corrected chi connectivity index (χ4v) is 3.69. The van der Waals surface area contributed by atoms with E-state index >= 15 is 0 Å². The van der Waals surface area contributed by atoms with Gasteiger partial charge in [-0.05, 0) is 17.0 Å². The van der Waals surface area contributed by atoms with Gasteiger partial charge in [-0.25, -0.2) is 4.68 Å². The quantitative estimate of drug-likeness (QED) is 0.740. The second-order valence-corrected chi connectivity index (χ2v) is 7.30. The summed E-state index contributed by atoms with van der Waals surface area (Å²) in [5.41, 5.74) is 11.4. The average molecular weight is 370 g/mol. The highest BCUT2D eigenvalue weighted by Gasteiger charge is 2.36. The summed E-state index contributed by atoms with van der Waals surface area (Å²) < 4.78 is 7.51. The molecule has 0 bridgehead atoms. The number of allylic oxidation sites excluding steroid dienone is 1. The summed E-state index contributed by atoms with van der Waals surface area (Å²) in [7, 11) is 1.83. The Kier molecular flexibility index (Phi) is 4.40. The number of fused-ring (bicyclic) bond motifs is 1. The summed E-state index contributed by atoms with van der Waals surface area (Å²) in [6.07, 6.45) is 0. The van der Waals surface area contributed by atoms with Crippen LogP contribution in [-0.2, 0) is 7.05 Å². The maximum atomic E-state index is 9.83. The Morgan fingerprint density at radius 2 is 1.79 bits per heavy atom. The van der Waals surface area contributed by atoms with Crippen molar-refractivity contribution < 1.29 is 4.74 Å². The molecule has 5 nitrogen and oxygen atoms in total. The van der Waals surface area contributed by atoms with Crippen molar-refractivity contribution in [2.24, 2.45) is 12.8 Å². The van der Waals surface area contributed by atoms with Crippen molar-refractivity contribution in [1.82, 2.24) is 9.78 Å². The van der Waals surface area contributed by atoms with Crippen LogP contribution in [-0.4, -0.2) is 9.78 Å². The lowest BCUT2D eigenvalue weighted by atomic mass is 9.82. The first-order valence-electron chi connectivity index (χ1n) is 9.31. The van der Waals surface area contributed by atoms with Crippen molar-refractivity contribution in [3.05, 3.63) is 82.7 Å². The van der Waals surface area contributed by atoms with E-state index in [-0.39, 0.29) is 11.8 Å². The first kappa shape index (κ1) is 17.9. The van der Waals surface area contributed by atoms with Gasteiger partial charge in [-0.1, -0.05) is 68.4 Å². The van der Waals surface area contributed by atoms with Crippen molar-refractivity contribution in [2.45, 2.75) is 25.7 Å². The van der Waals surface area contributed by atoms with E-state index in [1.165, 1.54) is 5.56 Å². The molecule has 0 saturated carbocycles. The molecule has 2 N–H and O–H groups in total. The highest BCUT2D eigenvalue weighted by molar-refractivity contribution is 5.71. The lowest BCUT2D eigenvalue weighted by molar-refractivity contribution is 0.358. The van der Waals surface area contributed by atoms with Crippen LogP contribution in [0, 0.1) is 11.3 Å². The van der Waals surface area contributed by atoms with Crippen LogP contribution >= 0.6 is 0 Å². The van der Waals surface area contributed by atoms with Gasteiger partial charge in [0.15, 0.2) is 0 Å². The zero-order valence-electron chi connectivity index (χ0n) is 16.2. The third-order valence-electron chi connectivity index (χ3n) is 5.18. The smallest absolute Gasteiger partial charge is 0.224 e. The van der Waals surface area contributed by atoms with Gasteiger partial charge >= 0.3 is 0 Å². The Balaban J connectivity index is 1.94. The molecule has 4 rings (SSSR count). The van der Waals surface area contributed by atoms with Crippen LogP contribution in [0.4, 0.5) is 0 Å². The Bertz CT molecular complexity index is 1090. The average Bonchev–Trinajstić information content (AvgIpc) is 3.04. The van der Waals surface area contributed by atoms with Crippen LogP contribution < -0.4 is 10.5 Å². The maximum Gasteiger partial charge on any atom is 0.224 e. The number of benzene rings is 2. The summed E-state index contributed by atoms with van der Waals surface area (Å²) in [6.45, 7) is 4.32. The second-order valence-electron chi connectivity index (χ2n) is 7.30. The Labute approximate surface area is 164 Å². The van der Waals surface area contributed by atoms with Crippen LogP contribution in [0.2, 0.25) is 0 Å². The first-order valence-corrected chi connectivity index (χ1v) is 9.31. The zero-order chi connectivity index (χ0) is 19.8. The standard InChI is InChI=1S/C23H22N4O/c1-14(2)15-9-11-16(12-10-15)19-18(13-24)22(25)28-23-20(19)21(26-27(23)3)17-7-5-4-6-8-17/h4-12,14,19H,25H2,1-3H3. The van der Waals surface area contributed by atoms with Crippen molar-refractivity contribution in [2.75, 3.05) is 0 Å². The summed E-state index contributed by atoms with van der Waals surface area (Å²) in [6, 6.07) is 20.6. The molecule has 2 heterocycles. The van der Waals surface area contributed by atoms with E-state index < -0.39 is 0 Å². The summed E-state index contributed by atoms with van der Waals surface area (Å²) in [4.78, 5) is 0. The van der Waals surface area contributed by atoms with Crippen LogP contribution in [0.5, 0.6) is 5.88 Å². The largest absolute Gasteiger partial charge is 0.422 e. The topological polar surface area (TPSA) is 76.9 Å². The first-order chi connectivity index (χ1) is 13.5. The number of aromatic nitrogens is 2. The molecule has 0 radical (unpaired) electrons. The number of hydrogen-bond acceptors (Lipinski definition) is 4. The number of ether oxygens (including phenoxy) is 1. The van der Waals surface area contributed by atoms with Gasteiger partial charge in [-0.3, -0.25) is 0 Å². The fourth-order valence-electron chi connectivity index (χ4n) is 3.69. The molecule has 0 aliphatic carbocycles. The Morgan fingerprint density at radius 3 is 2.39 bits per heavy atom. The molecule has 0 fully saturated rings. The predicted molar refractivity (Wildman–Crippen MR) is 108 cm³/mol. The molecule has 1 unspecified atom stereocenters. The molecule has 1 atom stereocenters. The van der Waals surface area contributed by atoms with Crippen molar-refractivity contribution in [1.29, 1.82) is 5.26 Å². The van der Waals surface area contributed by atoms with Crippen molar-refractivity contribution >= 4 is 0 Å². The molecular weight excluding hydrogens is 348 g/mol. The van der Waals surface area contributed by atoms with Crippen molar-refractivity contribution in [3.8, 4) is 23.2 Å². The molecule has 28 heavy (non-hydrogen) atoms. The second kappa shape index (κ2) is 6.90. The SMILES string of the molecule is CC(C)c1ccc(C2C(C#N)=C(N)Oc3c2c(-c2ccccc2)nn3C)cc1. The highest BCUT2D eigenvalue weighted by atomic mass is 16.5. The molecule has 1 aliphatic rings. The normalized spacial score (nSPS) is 15.9. The molecular formula is C23H22N4O.